The Morgan fingerprint density at radius 2 is 2.06 bits per heavy atom. The molecule has 3 heterocycles. The molecule has 2 aliphatic rings. The summed E-state index contributed by atoms with van der Waals surface area (Å²) in [7, 11) is -2.63. The second-order valence-electron chi connectivity index (χ2n) is 4.15. The predicted molar refractivity (Wildman–Crippen MR) is 61.0 cm³/mol. The molecule has 1 aromatic heterocycles. The fourth-order valence-corrected chi connectivity index (χ4v) is 4.30. The van der Waals surface area contributed by atoms with E-state index in [-0.39, 0.29) is 0 Å². The van der Waals surface area contributed by atoms with Crippen molar-refractivity contribution in [3.63, 3.8) is 0 Å². The molecule has 6 nitrogen and oxygen atoms in total. The Hall–Kier alpha value is -0.970. The molecule has 2 fully saturated rings. The molecular formula is C9H14N5OP. The summed E-state index contributed by atoms with van der Waals surface area (Å²) in [6, 6.07) is 2.13. The molecule has 1 unspecified atom stereocenters. The zero-order chi connectivity index (χ0) is 11.2. The maximum absolute atomic E-state index is 12.8. The van der Waals surface area contributed by atoms with Gasteiger partial charge in [0.2, 0.25) is 5.95 Å². The van der Waals surface area contributed by atoms with Crippen LogP contribution in [-0.2, 0) is 4.57 Å². The number of nitrogens with zero attached hydrogens (tertiary/aromatic N) is 4. The van der Waals surface area contributed by atoms with E-state index in [0.717, 1.165) is 19.6 Å². The third kappa shape index (κ3) is 1.73. The zero-order valence-corrected chi connectivity index (χ0v) is 9.97. The standard InChI is InChI=1S/C9H14N5OP/c1-8-7-14(8)16(15,13-5-6-13)12-9-10-3-2-4-11-9/h2-4,8H,5-7H2,1H3,(H,10,11,12,15)/t8-,14?,16+/m0/s1. The molecule has 86 valence electrons. The number of aromatic nitrogens is 2. The van der Waals surface area contributed by atoms with E-state index in [0.29, 0.717) is 12.0 Å². The fourth-order valence-electron chi connectivity index (χ4n) is 1.70. The largest absolute Gasteiger partial charge is 0.311 e. The van der Waals surface area contributed by atoms with Crippen molar-refractivity contribution in [2.24, 2.45) is 0 Å². The van der Waals surface area contributed by atoms with Crippen molar-refractivity contribution in [3.8, 4) is 0 Å². The summed E-state index contributed by atoms with van der Waals surface area (Å²) in [5.74, 6) is 0.442. The lowest BCUT2D eigenvalue weighted by atomic mass is 10.6. The van der Waals surface area contributed by atoms with E-state index in [9.17, 15) is 4.57 Å². The SMILES string of the molecule is C[C@H]1CN1[P@@](=O)(Nc1ncccn1)N1CC1. The molecule has 0 aliphatic carbocycles. The minimum Gasteiger partial charge on any atom is -0.281 e. The van der Waals surface area contributed by atoms with Crippen LogP contribution in [0.5, 0.6) is 0 Å². The van der Waals surface area contributed by atoms with Crippen LogP contribution in [0.1, 0.15) is 6.92 Å². The van der Waals surface area contributed by atoms with Crippen molar-refractivity contribution >= 4 is 13.5 Å². The van der Waals surface area contributed by atoms with E-state index in [2.05, 4.69) is 22.0 Å². The van der Waals surface area contributed by atoms with Gasteiger partial charge >= 0.3 is 7.59 Å². The third-order valence-electron chi connectivity index (χ3n) is 2.79. The minimum atomic E-state index is -2.63. The van der Waals surface area contributed by atoms with Gasteiger partial charge in [-0.1, -0.05) is 0 Å². The maximum Gasteiger partial charge on any atom is 0.311 e. The van der Waals surface area contributed by atoms with Gasteiger partial charge in [0, 0.05) is 38.1 Å². The molecule has 3 rings (SSSR count). The first-order chi connectivity index (χ1) is 7.70. The molecule has 0 spiro atoms. The lowest BCUT2D eigenvalue weighted by Crippen LogP contribution is -2.15. The van der Waals surface area contributed by atoms with Crippen LogP contribution < -0.4 is 5.09 Å². The van der Waals surface area contributed by atoms with E-state index in [1.165, 1.54) is 0 Å². The Bertz CT molecular complexity index is 435. The quantitative estimate of drug-likeness (QED) is 0.625. The third-order valence-corrected chi connectivity index (χ3v) is 5.71. The second kappa shape index (κ2) is 3.52. The van der Waals surface area contributed by atoms with E-state index < -0.39 is 7.59 Å². The van der Waals surface area contributed by atoms with Gasteiger partial charge in [0.15, 0.2) is 0 Å². The molecule has 2 aliphatic heterocycles. The van der Waals surface area contributed by atoms with Crippen molar-refractivity contribution in [3.05, 3.63) is 18.5 Å². The summed E-state index contributed by atoms with van der Waals surface area (Å²) < 4.78 is 16.7. The lowest BCUT2D eigenvalue weighted by Gasteiger charge is -2.21. The Balaban J connectivity index is 1.82. The molecule has 0 bridgehead atoms. The van der Waals surface area contributed by atoms with Crippen molar-refractivity contribution in [1.82, 2.24) is 19.3 Å². The van der Waals surface area contributed by atoms with Gasteiger partial charge < -0.3 is 0 Å². The zero-order valence-electron chi connectivity index (χ0n) is 9.08. The molecule has 3 atom stereocenters. The van der Waals surface area contributed by atoms with Crippen LogP contribution in [0.2, 0.25) is 0 Å². The number of rotatable bonds is 4. The van der Waals surface area contributed by atoms with Crippen LogP contribution >= 0.6 is 7.59 Å². The molecule has 2 saturated heterocycles. The summed E-state index contributed by atoms with van der Waals surface area (Å²) in [6.07, 6.45) is 3.29. The van der Waals surface area contributed by atoms with Gasteiger partial charge in [0.1, 0.15) is 0 Å². The van der Waals surface area contributed by atoms with Crippen LogP contribution in [-0.4, -0.2) is 45.0 Å². The summed E-state index contributed by atoms with van der Waals surface area (Å²) in [5, 5.41) is 2.99. The molecular weight excluding hydrogens is 225 g/mol. The molecule has 0 radical (unpaired) electrons. The topological polar surface area (TPSA) is 60.9 Å². The Morgan fingerprint density at radius 3 is 2.56 bits per heavy atom. The summed E-state index contributed by atoms with van der Waals surface area (Å²) in [5.41, 5.74) is 0. The van der Waals surface area contributed by atoms with Crippen LogP contribution in [0.3, 0.4) is 0 Å². The first kappa shape index (κ1) is 10.2. The second-order valence-corrected chi connectivity index (χ2v) is 6.54. The van der Waals surface area contributed by atoms with Crippen molar-refractivity contribution < 1.29 is 4.57 Å². The van der Waals surface area contributed by atoms with Gasteiger partial charge in [-0.05, 0) is 13.0 Å². The first-order valence-electron chi connectivity index (χ1n) is 5.38. The molecule has 0 aromatic carbocycles. The number of nitrogens with one attached hydrogen (secondary N) is 1. The number of hydrogen-bond donors (Lipinski definition) is 1. The molecule has 1 N–H and O–H groups in total. The predicted octanol–water partition coefficient (Wildman–Crippen LogP) is 1.02. The van der Waals surface area contributed by atoms with Crippen molar-refractivity contribution in [2.75, 3.05) is 24.7 Å². The molecule has 7 heteroatoms. The van der Waals surface area contributed by atoms with Crippen LogP contribution in [0.25, 0.3) is 0 Å². The molecule has 1 aromatic rings. The number of hydrogen-bond acceptors (Lipinski definition) is 3. The van der Waals surface area contributed by atoms with Crippen LogP contribution in [0.15, 0.2) is 18.5 Å². The summed E-state index contributed by atoms with van der Waals surface area (Å²) in [6.45, 7) is 4.73. The average molecular weight is 239 g/mol. The Kier molecular flexibility index (Phi) is 2.24. The van der Waals surface area contributed by atoms with Gasteiger partial charge in [-0.25, -0.2) is 19.3 Å². The van der Waals surface area contributed by atoms with E-state index >= 15 is 0 Å². The first-order valence-corrected chi connectivity index (χ1v) is 6.99. The van der Waals surface area contributed by atoms with Crippen molar-refractivity contribution in [2.45, 2.75) is 13.0 Å². The highest BCUT2D eigenvalue weighted by atomic mass is 31.2. The normalized spacial score (nSPS) is 31.8. The highest BCUT2D eigenvalue weighted by Crippen LogP contribution is 2.61. The van der Waals surface area contributed by atoms with Gasteiger partial charge in [-0.3, -0.25) is 9.65 Å². The number of anilines is 1. The molecule has 0 amide bonds. The van der Waals surface area contributed by atoms with E-state index in [1.807, 2.05) is 9.34 Å². The summed E-state index contributed by atoms with van der Waals surface area (Å²) in [4.78, 5) is 8.12. The summed E-state index contributed by atoms with van der Waals surface area (Å²) >= 11 is 0. The van der Waals surface area contributed by atoms with Gasteiger partial charge in [-0.15, -0.1) is 0 Å². The van der Waals surface area contributed by atoms with Crippen LogP contribution in [0, 0.1) is 0 Å². The molecule has 16 heavy (non-hydrogen) atoms. The highest BCUT2D eigenvalue weighted by Gasteiger charge is 2.52. The maximum atomic E-state index is 12.8. The Labute approximate surface area is 94.2 Å². The highest BCUT2D eigenvalue weighted by molar-refractivity contribution is 7.61. The van der Waals surface area contributed by atoms with Gasteiger partial charge in [-0.2, -0.15) is 0 Å². The molecule has 0 saturated carbocycles. The minimum absolute atomic E-state index is 0.391. The smallest absolute Gasteiger partial charge is 0.281 e. The fraction of sp³-hybridized carbons (Fsp3) is 0.556. The van der Waals surface area contributed by atoms with E-state index in [1.54, 1.807) is 18.5 Å². The monoisotopic (exact) mass is 239 g/mol. The Morgan fingerprint density at radius 1 is 1.44 bits per heavy atom. The van der Waals surface area contributed by atoms with E-state index in [4.69, 9.17) is 0 Å². The van der Waals surface area contributed by atoms with Gasteiger partial charge in [0.25, 0.3) is 0 Å². The lowest BCUT2D eigenvalue weighted by molar-refractivity contribution is 0.517. The van der Waals surface area contributed by atoms with Crippen LogP contribution in [0.4, 0.5) is 5.95 Å². The average Bonchev–Trinajstić information content (AvgIpc) is 3.12. The van der Waals surface area contributed by atoms with Crippen molar-refractivity contribution in [1.29, 1.82) is 0 Å². The van der Waals surface area contributed by atoms with Gasteiger partial charge in [0.05, 0.1) is 0 Å².